The molecule has 2 rings (SSSR count). The molecule has 1 aromatic heterocycles. The average molecular weight is 311 g/mol. The first-order chi connectivity index (χ1) is 9.47. The van der Waals surface area contributed by atoms with Crippen molar-refractivity contribution in [3.05, 3.63) is 69.1 Å². The van der Waals surface area contributed by atoms with Crippen molar-refractivity contribution < 1.29 is 9.52 Å². The fraction of sp³-hybridized carbons (Fsp3) is 0.143. The molecule has 0 radical (unpaired) electrons. The number of hydrogen-bond donors (Lipinski definition) is 0. The summed E-state index contributed by atoms with van der Waals surface area (Å²) in [5, 5.41) is 12.2. The molecule has 0 saturated carbocycles. The first kappa shape index (κ1) is 14.6. The Balaban J connectivity index is 2.15. The third kappa shape index (κ3) is 3.40. The van der Waals surface area contributed by atoms with Crippen molar-refractivity contribution in [3.8, 4) is 0 Å². The van der Waals surface area contributed by atoms with E-state index in [9.17, 15) is 10.0 Å². The second-order valence-electron chi connectivity index (χ2n) is 4.35. The Morgan fingerprint density at radius 2 is 2.10 bits per heavy atom. The summed E-state index contributed by atoms with van der Waals surface area (Å²) < 4.78 is 0.594. The topological polar surface area (TPSA) is 47.2 Å². The van der Waals surface area contributed by atoms with E-state index >= 15 is 0 Å². The number of nitrogens with zero attached hydrogens (tertiary/aromatic N) is 2. The van der Waals surface area contributed by atoms with E-state index < -0.39 is 0 Å². The molecule has 0 atom stereocenters. The number of carbonyl (C=O) groups excluding carboxylic acids is 1. The highest BCUT2D eigenvalue weighted by Crippen LogP contribution is 2.22. The lowest BCUT2D eigenvalue weighted by Gasteiger charge is -2.17. The van der Waals surface area contributed by atoms with Crippen molar-refractivity contribution in [2.24, 2.45) is 0 Å². The minimum Gasteiger partial charge on any atom is -0.619 e. The van der Waals surface area contributed by atoms with Gasteiger partial charge in [0, 0.05) is 29.7 Å². The van der Waals surface area contributed by atoms with Crippen molar-refractivity contribution in [1.82, 2.24) is 4.90 Å². The van der Waals surface area contributed by atoms with Crippen LogP contribution in [0.4, 0.5) is 0 Å². The minimum absolute atomic E-state index is 0.249. The molecule has 0 unspecified atom stereocenters. The molecule has 2 aromatic rings. The summed E-state index contributed by atoms with van der Waals surface area (Å²) in [6.07, 6.45) is 2.56. The fourth-order valence-corrected chi connectivity index (χ4v) is 2.25. The zero-order chi connectivity index (χ0) is 14.7. The molecular formula is C14H12Cl2N2O2. The Bertz CT molecular complexity index is 647. The highest BCUT2D eigenvalue weighted by atomic mass is 35.5. The van der Waals surface area contributed by atoms with Gasteiger partial charge in [0.25, 0.3) is 5.91 Å². The summed E-state index contributed by atoms with van der Waals surface area (Å²) in [4.78, 5) is 13.7. The van der Waals surface area contributed by atoms with Crippen LogP contribution in [0, 0.1) is 5.21 Å². The van der Waals surface area contributed by atoms with Crippen molar-refractivity contribution in [3.63, 3.8) is 0 Å². The number of aromatic nitrogens is 1. The lowest BCUT2D eigenvalue weighted by molar-refractivity contribution is -0.605. The average Bonchev–Trinajstić information content (AvgIpc) is 2.41. The minimum atomic E-state index is -0.249. The molecule has 0 N–H and O–H groups in total. The number of halogens is 2. The van der Waals surface area contributed by atoms with Gasteiger partial charge in [-0.2, -0.15) is 4.73 Å². The highest BCUT2D eigenvalue weighted by molar-refractivity contribution is 6.35. The van der Waals surface area contributed by atoms with Crippen LogP contribution in [0.25, 0.3) is 0 Å². The van der Waals surface area contributed by atoms with E-state index in [1.165, 1.54) is 23.4 Å². The highest BCUT2D eigenvalue weighted by Gasteiger charge is 2.15. The normalized spacial score (nSPS) is 10.3. The SMILES string of the molecule is CN(Cc1ccc(Cl)cc1Cl)C(=O)c1ccc[n+]([O-])c1. The zero-order valence-corrected chi connectivity index (χ0v) is 12.2. The van der Waals surface area contributed by atoms with Crippen LogP contribution in [-0.4, -0.2) is 17.9 Å². The van der Waals surface area contributed by atoms with Crippen molar-refractivity contribution in [2.75, 3.05) is 7.05 Å². The van der Waals surface area contributed by atoms with Gasteiger partial charge in [-0.1, -0.05) is 29.3 Å². The van der Waals surface area contributed by atoms with E-state index in [-0.39, 0.29) is 5.91 Å². The quantitative estimate of drug-likeness (QED) is 0.646. The Morgan fingerprint density at radius 1 is 1.35 bits per heavy atom. The van der Waals surface area contributed by atoms with Crippen LogP contribution in [-0.2, 0) is 6.54 Å². The molecule has 0 aliphatic heterocycles. The molecule has 0 spiro atoms. The van der Waals surface area contributed by atoms with E-state index in [0.717, 1.165) is 5.56 Å². The number of rotatable bonds is 3. The molecule has 0 aliphatic rings. The third-order valence-corrected chi connectivity index (χ3v) is 3.38. The maximum absolute atomic E-state index is 12.2. The predicted molar refractivity (Wildman–Crippen MR) is 77.7 cm³/mol. The molecule has 1 aromatic carbocycles. The number of benzene rings is 1. The van der Waals surface area contributed by atoms with Gasteiger partial charge in [-0.05, 0) is 23.8 Å². The maximum atomic E-state index is 12.2. The van der Waals surface area contributed by atoms with Gasteiger partial charge in [0.15, 0.2) is 12.4 Å². The monoisotopic (exact) mass is 310 g/mol. The summed E-state index contributed by atoms with van der Waals surface area (Å²) in [5.41, 5.74) is 1.12. The summed E-state index contributed by atoms with van der Waals surface area (Å²) in [6.45, 7) is 0.336. The predicted octanol–water partition coefficient (Wildman–Crippen LogP) is 2.90. The van der Waals surface area contributed by atoms with Crippen LogP contribution in [0.1, 0.15) is 15.9 Å². The number of pyridine rings is 1. The van der Waals surface area contributed by atoms with E-state index in [1.807, 2.05) is 0 Å². The van der Waals surface area contributed by atoms with Gasteiger partial charge in [0.05, 0.1) is 0 Å². The van der Waals surface area contributed by atoms with Gasteiger partial charge in [-0.3, -0.25) is 4.79 Å². The smallest absolute Gasteiger partial charge is 0.260 e. The molecule has 1 heterocycles. The lowest BCUT2D eigenvalue weighted by Crippen LogP contribution is -2.31. The van der Waals surface area contributed by atoms with Gasteiger partial charge in [-0.15, -0.1) is 0 Å². The number of hydrogen-bond acceptors (Lipinski definition) is 2. The molecule has 0 bridgehead atoms. The molecule has 1 amide bonds. The molecular weight excluding hydrogens is 299 g/mol. The standard InChI is InChI=1S/C14H12Cl2N2O2/c1-17(8-10-4-5-12(15)7-13(10)16)14(19)11-3-2-6-18(20)9-11/h2-7,9H,8H2,1H3. The van der Waals surface area contributed by atoms with Crippen LogP contribution in [0.5, 0.6) is 0 Å². The number of carbonyl (C=O) groups is 1. The second kappa shape index (κ2) is 6.11. The summed E-state index contributed by atoms with van der Waals surface area (Å²) in [5.74, 6) is -0.249. The molecule has 4 nitrogen and oxygen atoms in total. The van der Waals surface area contributed by atoms with E-state index in [2.05, 4.69) is 0 Å². The van der Waals surface area contributed by atoms with Crippen LogP contribution in [0.2, 0.25) is 10.0 Å². The second-order valence-corrected chi connectivity index (χ2v) is 5.19. The third-order valence-electron chi connectivity index (χ3n) is 2.79. The van der Waals surface area contributed by atoms with Crippen molar-refractivity contribution in [1.29, 1.82) is 0 Å². The Labute approximate surface area is 126 Å². The summed E-state index contributed by atoms with van der Waals surface area (Å²) in [7, 11) is 1.65. The first-order valence-corrected chi connectivity index (χ1v) is 6.61. The molecule has 20 heavy (non-hydrogen) atoms. The van der Waals surface area contributed by atoms with E-state index in [4.69, 9.17) is 23.2 Å². The van der Waals surface area contributed by atoms with E-state index in [1.54, 1.807) is 31.3 Å². The van der Waals surface area contributed by atoms with Gasteiger partial charge < -0.3 is 10.1 Å². The van der Waals surface area contributed by atoms with Crippen molar-refractivity contribution in [2.45, 2.75) is 6.54 Å². The molecule has 0 aliphatic carbocycles. The van der Waals surface area contributed by atoms with Crippen molar-refractivity contribution >= 4 is 29.1 Å². The fourth-order valence-electron chi connectivity index (χ4n) is 1.78. The maximum Gasteiger partial charge on any atom is 0.260 e. The van der Waals surface area contributed by atoms with Crippen LogP contribution in [0.3, 0.4) is 0 Å². The molecule has 0 saturated heterocycles. The number of amides is 1. The van der Waals surface area contributed by atoms with Gasteiger partial charge in [-0.25, -0.2) is 0 Å². The largest absolute Gasteiger partial charge is 0.619 e. The van der Waals surface area contributed by atoms with Gasteiger partial charge in [0.1, 0.15) is 5.56 Å². The van der Waals surface area contributed by atoms with Crippen LogP contribution >= 0.6 is 23.2 Å². The molecule has 6 heteroatoms. The Morgan fingerprint density at radius 3 is 2.75 bits per heavy atom. The van der Waals surface area contributed by atoms with Crippen LogP contribution < -0.4 is 4.73 Å². The summed E-state index contributed by atoms with van der Waals surface area (Å²) >= 11 is 11.9. The molecule has 0 fully saturated rings. The first-order valence-electron chi connectivity index (χ1n) is 5.85. The van der Waals surface area contributed by atoms with E-state index in [0.29, 0.717) is 26.9 Å². The zero-order valence-electron chi connectivity index (χ0n) is 10.7. The Hall–Kier alpha value is -1.78. The molecule has 104 valence electrons. The van der Waals surface area contributed by atoms with Crippen LogP contribution in [0.15, 0.2) is 42.7 Å². The van der Waals surface area contributed by atoms with Gasteiger partial charge >= 0.3 is 0 Å². The lowest BCUT2D eigenvalue weighted by atomic mass is 10.2. The van der Waals surface area contributed by atoms with Gasteiger partial charge in [0.2, 0.25) is 0 Å². The Kier molecular flexibility index (Phi) is 4.47. The summed E-state index contributed by atoms with van der Waals surface area (Å²) in [6, 6.07) is 8.24.